The highest BCUT2D eigenvalue weighted by atomic mass is 127. The molecule has 20 heteroatoms. The SMILES string of the molecule is O=S(=O)([O-])C(F)(F)F.O=S(=O)([O-])C(F)(F)F.Oc1ccc([I+]c2ccccc2)cc1.Oc1ccc([S+](c2ccc(O)cc2)c2ccc(O)cc2)cc1. The van der Waals surface area contributed by atoms with Gasteiger partial charge in [-0.05, 0) is 109 Å². The molecular formula is C32H25F6IO10S3. The molecule has 0 aliphatic rings. The number of rotatable bonds is 5. The first kappa shape index (κ1) is 43.9. The van der Waals surface area contributed by atoms with Crippen molar-refractivity contribution < 1.29 is 93.9 Å². The Kier molecular flexibility index (Phi) is 16.1. The van der Waals surface area contributed by atoms with Crippen molar-refractivity contribution >= 4 is 31.1 Å². The lowest BCUT2D eigenvalue weighted by atomic mass is 10.3. The van der Waals surface area contributed by atoms with Crippen LogP contribution in [0.4, 0.5) is 26.3 Å². The van der Waals surface area contributed by atoms with E-state index in [1.807, 2.05) is 54.6 Å². The van der Waals surface area contributed by atoms with Crippen molar-refractivity contribution in [1.29, 1.82) is 0 Å². The first-order valence-electron chi connectivity index (χ1n) is 13.6. The Morgan fingerprint density at radius 2 is 0.673 bits per heavy atom. The Morgan fingerprint density at radius 1 is 0.442 bits per heavy atom. The van der Waals surface area contributed by atoms with Gasteiger partial charge < -0.3 is 29.5 Å². The van der Waals surface area contributed by atoms with E-state index in [2.05, 4.69) is 24.3 Å². The van der Waals surface area contributed by atoms with Crippen LogP contribution in [0.25, 0.3) is 0 Å². The molecule has 0 heterocycles. The van der Waals surface area contributed by atoms with Crippen LogP contribution in [0.15, 0.2) is 142 Å². The lowest BCUT2D eigenvalue weighted by Crippen LogP contribution is -3.61. The number of alkyl halides is 6. The summed E-state index contributed by atoms with van der Waals surface area (Å²) in [6, 6.07) is 39.3. The minimum absolute atomic E-state index is 0.0952. The number of hydrogen-bond donors (Lipinski definition) is 4. The molecule has 52 heavy (non-hydrogen) atoms. The summed E-state index contributed by atoms with van der Waals surface area (Å²) in [5.74, 6) is 1.02. The smallest absolute Gasteiger partial charge is 0.485 e. The molecular weight excluding hydrogens is 881 g/mol. The van der Waals surface area contributed by atoms with Crippen LogP contribution in [0.3, 0.4) is 0 Å². The average molecular weight is 907 g/mol. The molecule has 0 saturated carbocycles. The number of halogens is 7. The Balaban J connectivity index is 0.000000267. The van der Waals surface area contributed by atoms with Crippen molar-refractivity contribution in [3.05, 3.63) is 135 Å². The molecule has 0 unspecified atom stereocenters. The van der Waals surface area contributed by atoms with Gasteiger partial charge in [0, 0.05) is 0 Å². The van der Waals surface area contributed by atoms with Gasteiger partial charge in [-0.15, -0.1) is 0 Å². The largest absolute Gasteiger partial charge is 0.741 e. The predicted octanol–water partition coefficient (Wildman–Crippen LogP) is 3.52. The molecule has 10 nitrogen and oxygen atoms in total. The van der Waals surface area contributed by atoms with Gasteiger partial charge in [0.1, 0.15) is 23.0 Å². The Bertz CT molecular complexity index is 1900. The third-order valence-corrected chi connectivity index (χ3v) is 11.6. The predicted molar refractivity (Wildman–Crippen MR) is 170 cm³/mol. The normalized spacial score (nSPS) is 11.6. The summed E-state index contributed by atoms with van der Waals surface area (Å²) in [5, 5.41) is 37.6. The fourth-order valence-corrected chi connectivity index (χ4v) is 7.52. The number of phenolic OH excluding ortho intramolecular Hbond substituents is 4. The highest BCUT2D eigenvalue weighted by molar-refractivity contribution is 7.97. The van der Waals surface area contributed by atoms with Gasteiger partial charge in [-0.2, -0.15) is 26.3 Å². The lowest BCUT2D eigenvalue weighted by Gasteiger charge is -2.08. The fourth-order valence-electron chi connectivity index (χ4n) is 3.26. The summed E-state index contributed by atoms with van der Waals surface area (Å²) in [6.07, 6.45) is 0. The first-order valence-corrected chi connectivity index (χ1v) is 19.8. The van der Waals surface area contributed by atoms with E-state index in [9.17, 15) is 41.7 Å². The standard InChI is InChI=1S/C18H14O3S.C12H9IO.2CHF3O3S/c19-13-1-7-16(8-2-13)22(17-9-3-14(20)4-10-17)18-11-5-15(21)6-12-18;14-12-8-6-11(7-9-12)13-10-4-2-1-3-5-10;2*2-1(3,4)8(5,6)7/h1-12H,(H2-,19,20,21);1-9H;2*(H,5,6,7). The Labute approximate surface area is 306 Å². The van der Waals surface area contributed by atoms with E-state index >= 15 is 0 Å². The van der Waals surface area contributed by atoms with Crippen LogP contribution >= 0.6 is 0 Å². The Hall–Kier alpha value is -4.22. The van der Waals surface area contributed by atoms with E-state index < -0.39 is 31.3 Å². The average Bonchev–Trinajstić information content (AvgIpc) is 3.05. The molecule has 5 rings (SSSR count). The number of aromatic hydroxyl groups is 4. The van der Waals surface area contributed by atoms with E-state index in [0.29, 0.717) is 5.75 Å². The summed E-state index contributed by atoms with van der Waals surface area (Å²) in [7, 11) is -12.6. The summed E-state index contributed by atoms with van der Waals surface area (Å²) in [6.45, 7) is 0. The molecule has 4 N–H and O–H groups in total. The van der Waals surface area contributed by atoms with E-state index in [1.54, 1.807) is 48.5 Å². The second-order valence-electron chi connectivity index (χ2n) is 9.45. The van der Waals surface area contributed by atoms with Crippen molar-refractivity contribution in [3.63, 3.8) is 0 Å². The summed E-state index contributed by atoms with van der Waals surface area (Å²) < 4.78 is 121. The van der Waals surface area contributed by atoms with Crippen molar-refractivity contribution in [2.24, 2.45) is 0 Å². The van der Waals surface area contributed by atoms with Crippen LogP contribution in [0, 0.1) is 7.14 Å². The molecule has 5 aromatic carbocycles. The van der Waals surface area contributed by atoms with Crippen LogP contribution in [0.5, 0.6) is 23.0 Å². The molecule has 0 aliphatic carbocycles. The van der Waals surface area contributed by atoms with Gasteiger partial charge in [-0.3, -0.25) is 0 Å². The number of hydrogen-bond acceptors (Lipinski definition) is 10. The summed E-state index contributed by atoms with van der Waals surface area (Å²) >= 11 is -0.0952. The van der Waals surface area contributed by atoms with E-state index in [4.69, 9.17) is 31.0 Å². The molecule has 0 saturated heterocycles. The molecule has 0 bridgehead atoms. The minimum Gasteiger partial charge on any atom is -0.741 e. The van der Waals surface area contributed by atoms with E-state index in [0.717, 1.165) is 14.7 Å². The molecule has 280 valence electrons. The zero-order valence-corrected chi connectivity index (χ0v) is 30.3. The van der Waals surface area contributed by atoms with Gasteiger partial charge in [0.05, 0.1) is 10.9 Å². The number of benzene rings is 5. The maximum atomic E-state index is 10.7. The van der Waals surface area contributed by atoms with Crippen LogP contribution in [-0.4, -0.2) is 57.4 Å². The quantitative estimate of drug-likeness (QED) is 0.0667. The molecule has 0 atom stereocenters. The van der Waals surface area contributed by atoms with Gasteiger partial charge in [0.2, 0.25) is 0 Å². The van der Waals surface area contributed by atoms with Crippen LogP contribution in [0.1, 0.15) is 0 Å². The van der Waals surface area contributed by atoms with Gasteiger partial charge in [-0.25, -0.2) is 16.8 Å². The molecule has 0 spiro atoms. The minimum atomic E-state index is -6.09. The van der Waals surface area contributed by atoms with Crippen molar-refractivity contribution in [2.75, 3.05) is 0 Å². The van der Waals surface area contributed by atoms with Crippen molar-refractivity contribution in [2.45, 2.75) is 25.7 Å². The molecule has 5 aromatic rings. The molecule has 0 fully saturated rings. The third-order valence-electron chi connectivity index (χ3n) is 5.56. The first-order chi connectivity index (χ1) is 24.0. The van der Waals surface area contributed by atoms with E-state index in [-0.39, 0.29) is 49.3 Å². The van der Waals surface area contributed by atoms with Crippen LogP contribution in [-0.2, 0) is 31.1 Å². The highest BCUT2D eigenvalue weighted by Crippen LogP contribution is 2.33. The topological polar surface area (TPSA) is 195 Å². The highest BCUT2D eigenvalue weighted by Gasteiger charge is 2.37. The zero-order valence-electron chi connectivity index (χ0n) is 25.7. The summed E-state index contributed by atoms with van der Waals surface area (Å²) in [5.41, 5.74) is -11.3. The molecule has 0 aliphatic heterocycles. The molecule has 0 aromatic heterocycles. The lowest BCUT2D eigenvalue weighted by molar-refractivity contribution is -0.597. The van der Waals surface area contributed by atoms with Gasteiger partial charge >= 0.3 is 32.2 Å². The monoisotopic (exact) mass is 906 g/mol. The van der Waals surface area contributed by atoms with Gasteiger partial charge in [0.25, 0.3) is 0 Å². The van der Waals surface area contributed by atoms with Gasteiger partial charge in [-0.1, -0.05) is 18.2 Å². The third kappa shape index (κ3) is 15.2. The number of phenols is 4. The van der Waals surface area contributed by atoms with Crippen molar-refractivity contribution in [1.82, 2.24) is 0 Å². The van der Waals surface area contributed by atoms with Gasteiger partial charge in [0.15, 0.2) is 42.1 Å². The molecule has 0 radical (unpaired) electrons. The maximum Gasteiger partial charge on any atom is 0.485 e. The van der Waals surface area contributed by atoms with E-state index in [1.165, 1.54) is 7.14 Å². The second kappa shape index (κ2) is 19.0. The fraction of sp³-hybridized carbons (Fsp3) is 0.0625. The zero-order chi connectivity index (χ0) is 39.3. The second-order valence-corrected chi connectivity index (χ2v) is 17.3. The Morgan fingerprint density at radius 3 is 0.923 bits per heavy atom. The van der Waals surface area contributed by atoms with Crippen molar-refractivity contribution in [3.8, 4) is 23.0 Å². The van der Waals surface area contributed by atoms with Crippen LogP contribution in [0.2, 0.25) is 0 Å². The van der Waals surface area contributed by atoms with Crippen LogP contribution < -0.4 is 21.2 Å². The summed E-state index contributed by atoms with van der Waals surface area (Å²) in [4.78, 5) is 3.15. The molecule has 0 amide bonds. The maximum absolute atomic E-state index is 10.7.